The van der Waals surface area contributed by atoms with E-state index in [0.717, 1.165) is 24.1 Å². The van der Waals surface area contributed by atoms with Crippen LogP contribution in [0.5, 0.6) is 0 Å². The van der Waals surface area contributed by atoms with Crippen molar-refractivity contribution in [1.82, 2.24) is 20.8 Å². The molecule has 0 spiro atoms. The third kappa shape index (κ3) is 2.69. The van der Waals surface area contributed by atoms with Crippen LogP contribution in [0.15, 0.2) is 30.5 Å². The maximum absolute atomic E-state index is 5.56. The van der Waals surface area contributed by atoms with E-state index < -0.39 is 0 Å². The first-order valence-electron chi connectivity index (χ1n) is 5.75. The molecule has 5 nitrogen and oxygen atoms in total. The summed E-state index contributed by atoms with van der Waals surface area (Å²) in [4.78, 5) is 0. The monoisotopic (exact) mass is 231 g/mol. The van der Waals surface area contributed by atoms with Gasteiger partial charge in [-0.2, -0.15) is 15.4 Å². The van der Waals surface area contributed by atoms with Gasteiger partial charge in [0.2, 0.25) is 0 Å². The molecule has 0 aliphatic carbocycles. The van der Waals surface area contributed by atoms with Crippen molar-refractivity contribution in [1.29, 1.82) is 0 Å². The van der Waals surface area contributed by atoms with E-state index in [1.54, 1.807) is 6.20 Å². The highest BCUT2D eigenvalue weighted by Crippen LogP contribution is 2.19. The lowest BCUT2D eigenvalue weighted by molar-refractivity contribution is 0.618. The van der Waals surface area contributed by atoms with Crippen molar-refractivity contribution in [3.8, 4) is 0 Å². The molecule has 0 fully saturated rings. The van der Waals surface area contributed by atoms with E-state index in [9.17, 15) is 0 Å². The lowest BCUT2D eigenvalue weighted by Crippen LogP contribution is -2.29. The summed E-state index contributed by atoms with van der Waals surface area (Å²) in [6.45, 7) is 2.17. The van der Waals surface area contributed by atoms with E-state index in [1.165, 1.54) is 5.56 Å². The van der Waals surface area contributed by atoms with Crippen molar-refractivity contribution < 1.29 is 0 Å². The highest BCUT2D eigenvalue weighted by Gasteiger charge is 2.14. The van der Waals surface area contributed by atoms with Crippen molar-refractivity contribution in [2.24, 2.45) is 5.84 Å². The number of aromatic amines is 1. The first kappa shape index (κ1) is 11.8. The van der Waals surface area contributed by atoms with Gasteiger partial charge in [-0.3, -0.25) is 5.84 Å². The number of benzene rings is 1. The third-order valence-electron chi connectivity index (χ3n) is 2.75. The molecular weight excluding hydrogens is 214 g/mol. The van der Waals surface area contributed by atoms with Gasteiger partial charge in [-0.15, -0.1) is 0 Å². The fourth-order valence-electron chi connectivity index (χ4n) is 1.87. The summed E-state index contributed by atoms with van der Waals surface area (Å²) in [6, 6.07) is 8.28. The molecule has 0 saturated heterocycles. The van der Waals surface area contributed by atoms with Crippen LogP contribution >= 0.6 is 0 Å². The predicted molar refractivity (Wildman–Crippen MR) is 66.0 cm³/mol. The molecule has 17 heavy (non-hydrogen) atoms. The SMILES string of the molecule is CCCc1ccc(C(NN)c2cn[nH]n2)cc1. The molecule has 0 saturated carbocycles. The van der Waals surface area contributed by atoms with E-state index in [-0.39, 0.29) is 6.04 Å². The Balaban J connectivity index is 2.20. The predicted octanol–water partition coefficient (Wildman–Crippen LogP) is 1.31. The lowest BCUT2D eigenvalue weighted by Gasteiger charge is -2.13. The van der Waals surface area contributed by atoms with Crippen molar-refractivity contribution in [2.75, 3.05) is 0 Å². The molecule has 1 heterocycles. The highest BCUT2D eigenvalue weighted by atomic mass is 15.3. The quantitative estimate of drug-likeness (QED) is 0.535. The van der Waals surface area contributed by atoms with Gasteiger partial charge >= 0.3 is 0 Å². The zero-order valence-electron chi connectivity index (χ0n) is 9.85. The smallest absolute Gasteiger partial charge is 0.105 e. The number of aryl methyl sites for hydroxylation is 1. The van der Waals surface area contributed by atoms with Crippen LogP contribution in [-0.2, 0) is 6.42 Å². The molecule has 2 aromatic rings. The molecule has 2 rings (SSSR count). The average molecular weight is 231 g/mol. The maximum Gasteiger partial charge on any atom is 0.105 e. The van der Waals surface area contributed by atoms with Crippen molar-refractivity contribution >= 4 is 0 Å². The molecule has 0 aliphatic rings. The molecule has 0 bridgehead atoms. The second kappa shape index (κ2) is 5.56. The minimum atomic E-state index is -0.121. The number of nitrogens with two attached hydrogens (primary N) is 1. The molecule has 1 atom stereocenters. The number of hydrogen-bond acceptors (Lipinski definition) is 4. The molecule has 4 N–H and O–H groups in total. The van der Waals surface area contributed by atoms with Crippen LogP contribution in [-0.4, -0.2) is 15.4 Å². The van der Waals surface area contributed by atoms with Crippen LogP contribution in [0.2, 0.25) is 0 Å². The summed E-state index contributed by atoms with van der Waals surface area (Å²) in [5.74, 6) is 5.56. The summed E-state index contributed by atoms with van der Waals surface area (Å²) in [5.41, 5.74) is 5.96. The standard InChI is InChI=1S/C12H17N5/c1-2-3-9-4-6-10(7-5-9)12(15-13)11-8-14-17-16-11/h4-8,12,15H,2-3,13H2,1H3,(H,14,16,17). The zero-order chi connectivity index (χ0) is 12.1. The Bertz CT molecular complexity index is 434. The first-order valence-corrected chi connectivity index (χ1v) is 5.75. The number of aromatic nitrogens is 3. The average Bonchev–Trinajstić information content (AvgIpc) is 2.86. The number of nitrogens with zero attached hydrogens (tertiary/aromatic N) is 2. The van der Waals surface area contributed by atoms with Gasteiger partial charge in [0, 0.05) is 0 Å². The second-order valence-electron chi connectivity index (χ2n) is 3.99. The van der Waals surface area contributed by atoms with E-state index in [4.69, 9.17) is 5.84 Å². The summed E-state index contributed by atoms with van der Waals surface area (Å²) in [5, 5.41) is 10.4. The number of hydrazine groups is 1. The van der Waals surface area contributed by atoms with Gasteiger partial charge in [-0.25, -0.2) is 5.43 Å². The van der Waals surface area contributed by atoms with Gasteiger partial charge < -0.3 is 0 Å². The topological polar surface area (TPSA) is 79.6 Å². The molecular formula is C12H17N5. The maximum atomic E-state index is 5.56. The number of rotatable bonds is 5. The molecule has 1 aromatic carbocycles. The van der Waals surface area contributed by atoms with E-state index in [1.807, 2.05) is 0 Å². The van der Waals surface area contributed by atoms with Gasteiger partial charge in [0.15, 0.2) is 0 Å². The Morgan fingerprint density at radius 3 is 2.65 bits per heavy atom. The van der Waals surface area contributed by atoms with Gasteiger partial charge in [0.1, 0.15) is 5.69 Å². The number of H-pyrrole nitrogens is 1. The first-order chi connectivity index (χ1) is 8.35. The van der Waals surface area contributed by atoms with Gasteiger partial charge in [0.25, 0.3) is 0 Å². The Hall–Kier alpha value is -1.72. The summed E-state index contributed by atoms with van der Waals surface area (Å²) in [7, 11) is 0. The fourth-order valence-corrected chi connectivity index (χ4v) is 1.87. The minimum absolute atomic E-state index is 0.121. The summed E-state index contributed by atoms with van der Waals surface area (Å²) in [6.07, 6.45) is 3.93. The Morgan fingerprint density at radius 1 is 1.35 bits per heavy atom. The highest BCUT2D eigenvalue weighted by molar-refractivity contribution is 5.29. The molecule has 5 heteroatoms. The van der Waals surface area contributed by atoms with E-state index >= 15 is 0 Å². The van der Waals surface area contributed by atoms with Crippen LogP contribution < -0.4 is 11.3 Å². The zero-order valence-corrected chi connectivity index (χ0v) is 9.85. The van der Waals surface area contributed by atoms with Crippen molar-refractivity contribution in [2.45, 2.75) is 25.8 Å². The molecule has 0 amide bonds. The fraction of sp³-hybridized carbons (Fsp3) is 0.333. The van der Waals surface area contributed by atoms with Crippen LogP contribution in [0.1, 0.15) is 36.2 Å². The molecule has 0 aliphatic heterocycles. The number of nitrogens with one attached hydrogen (secondary N) is 2. The van der Waals surface area contributed by atoms with Crippen LogP contribution in [0.3, 0.4) is 0 Å². The normalized spacial score (nSPS) is 12.6. The largest absolute Gasteiger partial charge is 0.271 e. The van der Waals surface area contributed by atoms with Gasteiger partial charge in [-0.05, 0) is 17.5 Å². The van der Waals surface area contributed by atoms with Crippen LogP contribution in [0.25, 0.3) is 0 Å². The second-order valence-corrected chi connectivity index (χ2v) is 3.99. The lowest BCUT2D eigenvalue weighted by atomic mass is 10.0. The minimum Gasteiger partial charge on any atom is -0.271 e. The molecule has 90 valence electrons. The van der Waals surface area contributed by atoms with Crippen LogP contribution in [0.4, 0.5) is 0 Å². The van der Waals surface area contributed by atoms with Crippen molar-refractivity contribution in [3.05, 3.63) is 47.3 Å². The Labute approximate surface area is 100 Å². The summed E-state index contributed by atoms with van der Waals surface area (Å²) < 4.78 is 0. The van der Waals surface area contributed by atoms with Crippen LogP contribution in [0, 0.1) is 0 Å². The molecule has 1 aromatic heterocycles. The van der Waals surface area contributed by atoms with Crippen molar-refractivity contribution in [3.63, 3.8) is 0 Å². The number of hydrogen-bond donors (Lipinski definition) is 3. The Kier molecular flexibility index (Phi) is 3.85. The summed E-state index contributed by atoms with van der Waals surface area (Å²) >= 11 is 0. The van der Waals surface area contributed by atoms with E-state index in [0.29, 0.717) is 0 Å². The van der Waals surface area contributed by atoms with Gasteiger partial charge in [-0.1, -0.05) is 37.6 Å². The molecule has 0 radical (unpaired) electrons. The Morgan fingerprint density at radius 2 is 2.12 bits per heavy atom. The molecule has 1 unspecified atom stereocenters. The third-order valence-corrected chi connectivity index (χ3v) is 2.75. The van der Waals surface area contributed by atoms with Gasteiger partial charge in [0.05, 0.1) is 12.2 Å². The van der Waals surface area contributed by atoms with E-state index in [2.05, 4.69) is 52.0 Å².